The second kappa shape index (κ2) is 5.72. The van der Waals surface area contributed by atoms with Crippen molar-refractivity contribution in [2.24, 2.45) is 0 Å². The molecule has 0 fully saturated rings. The Kier molecular flexibility index (Phi) is 4.22. The minimum atomic E-state index is -0.429. The van der Waals surface area contributed by atoms with Crippen LogP contribution in [-0.2, 0) is 0 Å². The third-order valence-electron chi connectivity index (χ3n) is 3.46. The number of imidazole rings is 1. The molecular formula is C15H23N3O. The van der Waals surface area contributed by atoms with Gasteiger partial charge in [-0.05, 0) is 58.5 Å². The molecule has 0 radical (unpaired) electrons. The molecule has 4 heteroatoms. The lowest BCUT2D eigenvalue weighted by Gasteiger charge is -2.12. The second-order valence-electron chi connectivity index (χ2n) is 5.28. The lowest BCUT2D eigenvalue weighted by Crippen LogP contribution is -2.11. The summed E-state index contributed by atoms with van der Waals surface area (Å²) in [4.78, 5) is 4.59. The van der Waals surface area contributed by atoms with Gasteiger partial charge in [-0.25, -0.2) is 4.98 Å². The Labute approximate surface area is 114 Å². The molecule has 1 atom stereocenters. The zero-order chi connectivity index (χ0) is 14.0. The van der Waals surface area contributed by atoms with Gasteiger partial charge in [0.25, 0.3) is 0 Å². The Balaban J connectivity index is 2.36. The van der Waals surface area contributed by atoms with Gasteiger partial charge in [-0.1, -0.05) is 6.07 Å². The van der Waals surface area contributed by atoms with Crippen molar-refractivity contribution in [1.29, 1.82) is 0 Å². The molecule has 2 N–H and O–H groups in total. The van der Waals surface area contributed by atoms with E-state index in [0.29, 0.717) is 12.5 Å². The molecule has 0 aliphatic heterocycles. The standard InChI is InChI=1S/C15H23N3O/c1-10(2)18-11(3)17-13-9-12(5-6-14(13)18)15(19)7-8-16-4/h5-6,9-10,15-16,19H,7-8H2,1-4H3. The highest BCUT2D eigenvalue weighted by Gasteiger charge is 2.13. The summed E-state index contributed by atoms with van der Waals surface area (Å²) in [5, 5.41) is 13.2. The van der Waals surface area contributed by atoms with Gasteiger partial charge >= 0.3 is 0 Å². The second-order valence-corrected chi connectivity index (χ2v) is 5.28. The van der Waals surface area contributed by atoms with E-state index in [1.54, 1.807) is 0 Å². The van der Waals surface area contributed by atoms with Crippen molar-refractivity contribution in [3.63, 3.8) is 0 Å². The van der Waals surface area contributed by atoms with E-state index >= 15 is 0 Å². The van der Waals surface area contributed by atoms with Crippen LogP contribution in [0.3, 0.4) is 0 Å². The normalized spacial score (nSPS) is 13.4. The number of hydrogen-bond acceptors (Lipinski definition) is 3. The molecular weight excluding hydrogens is 238 g/mol. The molecule has 0 saturated heterocycles. The van der Waals surface area contributed by atoms with E-state index in [9.17, 15) is 5.11 Å². The number of aromatic nitrogens is 2. The van der Waals surface area contributed by atoms with Gasteiger partial charge in [-0.3, -0.25) is 0 Å². The molecule has 104 valence electrons. The zero-order valence-corrected chi connectivity index (χ0v) is 12.1. The van der Waals surface area contributed by atoms with Crippen molar-refractivity contribution in [3.8, 4) is 0 Å². The average Bonchev–Trinajstić information content (AvgIpc) is 2.70. The number of aryl methyl sites for hydroxylation is 1. The van der Waals surface area contributed by atoms with Crippen molar-refractivity contribution in [3.05, 3.63) is 29.6 Å². The Morgan fingerprint density at radius 2 is 2.11 bits per heavy atom. The molecule has 2 aromatic rings. The van der Waals surface area contributed by atoms with Crippen LogP contribution >= 0.6 is 0 Å². The van der Waals surface area contributed by atoms with E-state index in [1.165, 1.54) is 0 Å². The highest BCUT2D eigenvalue weighted by Crippen LogP contribution is 2.25. The highest BCUT2D eigenvalue weighted by molar-refractivity contribution is 5.77. The fraction of sp³-hybridized carbons (Fsp3) is 0.533. The zero-order valence-electron chi connectivity index (χ0n) is 12.1. The number of nitrogens with zero attached hydrogens (tertiary/aromatic N) is 2. The number of aliphatic hydroxyl groups is 1. The molecule has 1 heterocycles. The summed E-state index contributed by atoms with van der Waals surface area (Å²) in [6, 6.07) is 6.46. The van der Waals surface area contributed by atoms with Crippen LogP contribution < -0.4 is 5.32 Å². The van der Waals surface area contributed by atoms with E-state index in [2.05, 4.69) is 34.8 Å². The first-order valence-corrected chi connectivity index (χ1v) is 6.85. The highest BCUT2D eigenvalue weighted by atomic mass is 16.3. The first kappa shape index (κ1) is 14.0. The fourth-order valence-corrected chi connectivity index (χ4v) is 2.54. The number of fused-ring (bicyclic) bond motifs is 1. The molecule has 0 bridgehead atoms. The number of aliphatic hydroxyl groups excluding tert-OH is 1. The monoisotopic (exact) mass is 261 g/mol. The quantitative estimate of drug-likeness (QED) is 0.869. The summed E-state index contributed by atoms with van der Waals surface area (Å²) in [6.45, 7) is 7.14. The predicted octanol–water partition coefficient (Wildman–Crippen LogP) is 2.57. The summed E-state index contributed by atoms with van der Waals surface area (Å²) < 4.78 is 2.22. The lowest BCUT2D eigenvalue weighted by atomic mass is 10.1. The summed E-state index contributed by atoms with van der Waals surface area (Å²) in [6.07, 6.45) is 0.285. The SMILES string of the molecule is CNCCC(O)c1ccc2c(c1)nc(C)n2C(C)C. The van der Waals surface area contributed by atoms with Crippen molar-refractivity contribution < 1.29 is 5.11 Å². The van der Waals surface area contributed by atoms with Gasteiger partial charge < -0.3 is 15.0 Å². The first-order chi connectivity index (χ1) is 9.04. The molecule has 1 aromatic heterocycles. The van der Waals surface area contributed by atoms with Gasteiger partial charge in [0.2, 0.25) is 0 Å². The molecule has 0 aliphatic carbocycles. The molecule has 0 spiro atoms. The largest absolute Gasteiger partial charge is 0.388 e. The van der Waals surface area contributed by atoms with E-state index in [-0.39, 0.29) is 0 Å². The topological polar surface area (TPSA) is 50.1 Å². The minimum absolute atomic E-state index is 0.394. The van der Waals surface area contributed by atoms with Gasteiger partial charge in [-0.15, -0.1) is 0 Å². The molecule has 0 amide bonds. The molecule has 2 rings (SSSR count). The Morgan fingerprint density at radius 1 is 1.37 bits per heavy atom. The maximum atomic E-state index is 10.1. The van der Waals surface area contributed by atoms with E-state index in [1.807, 2.05) is 26.1 Å². The number of hydrogen-bond donors (Lipinski definition) is 2. The van der Waals surface area contributed by atoms with Crippen LogP contribution in [0, 0.1) is 6.92 Å². The van der Waals surface area contributed by atoms with Crippen LogP contribution in [0.25, 0.3) is 11.0 Å². The van der Waals surface area contributed by atoms with Crippen molar-refractivity contribution in [1.82, 2.24) is 14.9 Å². The third kappa shape index (κ3) is 2.80. The molecule has 4 nitrogen and oxygen atoms in total. The maximum absolute atomic E-state index is 10.1. The number of benzene rings is 1. The van der Waals surface area contributed by atoms with Crippen molar-refractivity contribution >= 4 is 11.0 Å². The molecule has 0 aliphatic rings. The predicted molar refractivity (Wildman–Crippen MR) is 78.4 cm³/mol. The maximum Gasteiger partial charge on any atom is 0.106 e. The van der Waals surface area contributed by atoms with Gasteiger partial charge in [0.05, 0.1) is 17.1 Å². The summed E-state index contributed by atoms with van der Waals surface area (Å²) in [7, 11) is 1.89. The van der Waals surface area contributed by atoms with Crippen LogP contribution in [-0.4, -0.2) is 28.3 Å². The van der Waals surface area contributed by atoms with Crippen LogP contribution in [0.15, 0.2) is 18.2 Å². The Hall–Kier alpha value is -1.39. The minimum Gasteiger partial charge on any atom is -0.388 e. The van der Waals surface area contributed by atoms with E-state index in [0.717, 1.165) is 29.0 Å². The van der Waals surface area contributed by atoms with Gasteiger partial charge in [-0.2, -0.15) is 0 Å². The van der Waals surface area contributed by atoms with Crippen molar-refractivity contribution in [2.75, 3.05) is 13.6 Å². The van der Waals surface area contributed by atoms with Crippen LogP contribution in [0.1, 0.15) is 43.8 Å². The summed E-state index contributed by atoms with van der Waals surface area (Å²) in [5.41, 5.74) is 3.04. The average molecular weight is 261 g/mol. The first-order valence-electron chi connectivity index (χ1n) is 6.85. The third-order valence-corrected chi connectivity index (χ3v) is 3.46. The fourth-order valence-electron chi connectivity index (χ4n) is 2.54. The Bertz CT molecular complexity index is 560. The number of nitrogens with one attached hydrogen (secondary N) is 1. The van der Waals surface area contributed by atoms with Gasteiger partial charge in [0.15, 0.2) is 0 Å². The summed E-state index contributed by atoms with van der Waals surface area (Å²) in [5.74, 6) is 1.02. The molecule has 0 saturated carbocycles. The van der Waals surface area contributed by atoms with Crippen LogP contribution in [0.4, 0.5) is 0 Å². The molecule has 19 heavy (non-hydrogen) atoms. The summed E-state index contributed by atoms with van der Waals surface area (Å²) >= 11 is 0. The van der Waals surface area contributed by atoms with E-state index < -0.39 is 6.10 Å². The molecule has 1 aromatic carbocycles. The van der Waals surface area contributed by atoms with Crippen LogP contribution in [0.5, 0.6) is 0 Å². The van der Waals surface area contributed by atoms with Gasteiger partial charge in [0.1, 0.15) is 5.82 Å². The van der Waals surface area contributed by atoms with Gasteiger partial charge in [0, 0.05) is 6.04 Å². The van der Waals surface area contributed by atoms with Crippen LogP contribution in [0.2, 0.25) is 0 Å². The lowest BCUT2D eigenvalue weighted by molar-refractivity contribution is 0.168. The smallest absolute Gasteiger partial charge is 0.106 e. The Morgan fingerprint density at radius 3 is 2.74 bits per heavy atom. The van der Waals surface area contributed by atoms with E-state index in [4.69, 9.17) is 0 Å². The molecule has 1 unspecified atom stereocenters. The number of rotatable bonds is 5. The van der Waals surface area contributed by atoms with Crippen molar-refractivity contribution in [2.45, 2.75) is 39.3 Å².